The van der Waals surface area contributed by atoms with Gasteiger partial charge < -0.3 is 9.47 Å². The van der Waals surface area contributed by atoms with Gasteiger partial charge in [0.15, 0.2) is 5.92 Å². The Morgan fingerprint density at radius 1 is 1.19 bits per heavy atom. The van der Waals surface area contributed by atoms with Crippen LogP contribution in [0.1, 0.15) is 34.6 Å². The maximum absolute atomic E-state index is 11.5. The van der Waals surface area contributed by atoms with Gasteiger partial charge in [0.2, 0.25) is 0 Å². The first-order chi connectivity index (χ1) is 7.11. The average molecular weight is 227 g/mol. The number of esters is 2. The monoisotopic (exact) mass is 227 g/mol. The number of carbonyl (C=O) groups is 2. The number of carbonyl (C=O) groups excluding carboxylic acids is 2. The van der Waals surface area contributed by atoms with Crippen molar-refractivity contribution in [2.45, 2.75) is 45.9 Å². The second-order valence-corrected chi connectivity index (χ2v) is 5.17. The highest BCUT2D eigenvalue weighted by Crippen LogP contribution is 2.22. The Morgan fingerprint density at radius 3 is 2.00 bits per heavy atom. The van der Waals surface area contributed by atoms with Gasteiger partial charge in [0.05, 0.1) is 5.54 Å². The number of hydrogen-bond donors (Lipinski definition) is 0. The number of hydrogen-bond acceptors (Lipinski definition) is 5. The lowest BCUT2D eigenvalue weighted by atomic mass is 10.1. The lowest BCUT2D eigenvalue weighted by molar-refractivity contribution is -0.235. The molecular formula is C11H17NO4. The molecule has 90 valence electrons. The highest BCUT2D eigenvalue weighted by Gasteiger charge is 2.42. The fraction of sp³-hybridized carbons (Fsp3) is 0.727. The van der Waals surface area contributed by atoms with Crippen molar-refractivity contribution in [2.75, 3.05) is 0 Å². The molecule has 0 spiro atoms. The number of nitrogens with zero attached hydrogens (tertiary/aromatic N) is 1. The Kier molecular flexibility index (Phi) is 3.08. The average Bonchev–Trinajstić information content (AvgIpc) is 1.96. The molecule has 1 aliphatic rings. The zero-order valence-corrected chi connectivity index (χ0v) is 10.2. The highest BCUT2D eigenvalue weighted by molar-refractivity contribution is 6.10. The molecule has 0 saturated carbocycles. The van der Waals surface area contributed by atoms with E-state index in [0.717, 1.165) is 0 Å². The summed E-state index contributed by atoms with van der Waals surface area (Å²) in [4.78, 5) is 27.1. The van der Waals surface area contributed by atoms with Crippen molar-refractivity contribution >= 4 is 18.2 Å². The third-order valence-corrected chi connectivity index (χ3v) is 1.81. The summed E-state index contributed by atoms with van der Waals surface area (Å²) in [5.41, 5.74) is -0.340. The topological polar surface area (TPSA) is 65.0 Å². The molecule has 0 aromatic carbocycles. The Bertz CT molecular complexity index is 318. The van der Waals surface area contributed by atoms with E-state index in [1.54, 1.807) is 0 Å². The molecule has 1 aliphatic heterocycles. The van der Waals surface area contributed by atoms with Crippen LogP contribution >= 0.6 is 0 Å². The van der Waals surface area contributed by atoms with Crippen molar-refractivity contribution in [3.63, 3.8) is 0 Å². The van der Waals surface area contributed by atoms with Gasteiger partial charge in [0.25, 0.3) is 5.79 Å². The van der Waals surface area contributed by atoms with Crippen molar-refractivity contribution in [3.05, 3.63) is 0 Å². The van der Waals surface area contributed by atoms with Gasteiger partial charge in [-0.2, -0.15) is 0 Å². The molecule has 0 atom stereocenters. The molecule has 0 unspecified atom stereocenters. The molecule has 1 rings (SSSR count). The molecule has 1 saturated heterocycles. The van der Waals surface area contributed by atoms with E-state index in [0.29, 0.717) is 0 Å². The van der Waals surface area contributed by atoms with Gasteiger partial charge in [0.1, 0.15) is 0 Å². The summed E-state index contributed by atoms with van der Waals surface area (Å²) in [5, 5.41) is 0. The fourth-order valence-corrected chi connectivity index (χ4v) is 1.15. The van der Waals surface area contributed by atoms with Gasteiger partial charge >= 0.3 is 11.9 Å². The molecule has 5 heteroatoms. The van der Waals surface area contributed by atoms with Crippen molar-refractivity contribution in [2.24, 2.45) is 10.9 Å². The van der Waals surface area contributed by atoms with E-state index in [9.17, 15) is 9.59 Å². The molecular weight excluding hydrogens is 210 g/mol. The quantitative estimate of drug-likeness (QED) is 0.385. The van der Waals surface area contributed by atoms with Crippen LogP contribution in [0.25, 0.3) is 0 Å². The fourth-order valence-electron chi connectivity index (χ4n) is 1.15. The van der Waals surface area contributed by atoms with E-state index in [-0.39, 0.29) is 5.54 Å². The van der Waals surface area contributed by atoms with Gasteiger partial charge in [-0.25, -0.2) is 0 Å². The van der Waals surface area contributed by atoms with Crippen LogP contribution in [-0.4, -0.2) is 29.5 Å². The molecule has 0 aromatic heterocycles. The smallest absolute Gasteiger partial charge is 0.329 e. The third-order valence-electron chi connectivity index (χ3n) is 1.81. The lowest BCUT2D eigenvalue weighted by Gasteiger charge is -2.31. The normalized spacial score (nSPS) is 22.1. The maximum Gasteiger partial charge on any atom is 0.329 e. The molecule has 16 heavy (non-hydrogen) atoms. The van der Waals surface area contributed by atoms with Gasteiger partial charge in [-0.05, 0) is 20.8 Å². The lowest BCUT2D eigenvalue weighted by Crippen LogP contribution is -2.47. The van der Waals surface area contributed by atoms with E-state index in [2.05, 4.69) is 4.99 Å². The highest BCUT2D eigenvalue weighted by atomic mass is 16.7. The molecule has 1 fully saturated rings. The molecule has 0 aliphatic carbocycles. The van der Waals surface area contributed by atoms with Crippen LogP contribution in [0.2, 0.25) is 0 Å². The first-order valence-corrected chi connectivity index (χ1v) is 5.12. The van der Waals surface area contributed by atoms with E-state index in [1.807, 2.05) is 20.8 Å². The zero-order chi connectivity index (χ0) is 12.6. The molecule has 0 radical (unpaired) electrons. The van der Waals surface area contributed by atoms with Crippen LogP contribution in [0.3, 0.4) is 0 Å². The minimum absolute atomic E-state index is 0.340. The molecule has 1 heterocycles. The molecule has 0 N–H and O–H groups in total. The second kappa shape index (κ2) is 3.88. The van der Waals surface area contributed by atoms with Gasteiger partial charge in [0, 0.05) is 20.1 Å². The van der Waals surface area contributed by atoms with Crippen LogP contribution in [-0.2, 0) is 19.1 Å². The summed E-state index contributed by atoms with van der Waals surface area (Å²) in [6, 6.07) is 0. The Morgan fingerprint density at radius 2 is 1.62 bits per heavy atom. The van der Waals surface area contributed by atoms with E-state index in [1.165, 1.54) is 20.1 Å². The Labute approximate surface area is 94.8 Å². The van der Waals surface area contributed by atoms with Crippen molar-refractivity contribution in [1.29, 1.82) is 0 Å². The Balaban J connectivity index is 2.80. The van der Waals surface area contributed by atoms with Gasteiger partial charge in [-0.1, -0.05) is 0 Å². The molecule has 0 aromatic rings. The summed E-state index contributed by atoms with van der Waals surface area (Å²) >= 11 is 0. The van der Waals surface area contributed by atoms with Gasteiger partial charge in [-0.15, -0.1) is 0 Å². The SMILES string of the molecule is CC(C)(C)N=CC1C(=O)OC(C)(C)OC1=O. The number of cyclic esters (lactones) is 2. The summed E-state index contributed by atoms with van der Waals surface area (Å²) in [7, 11) is 0. The van der Waals surface area contributed by atoms with Crippen LogP contribution in [0.5, 0.6) is 0 Å². The zero-order valence-electron chi connectivity index (χ0n) is 10.2. The van der Waals surface area contributed by atoms with Crippen molar-refractivity contribution < 1.29 is 19.1 Å². The predicted octanol–water partition coefficient (Wildman–Crippen LogP) is 1.31. The minimum Gasteiger partial charge on any atom is -0.422 e. The predicted molar refractivity (Wildman–Crippen MR) is 58.0 cm³/mol. The number of aliphatic imine (C=N–C) groups is 1. The summed E-state index contributed by atoms with van der Waals surface area (Å²) in [6.45, 7) is 8.63. The van der Waals surface area contributed by atoms with Crippen LogP contribution in [0.15, 0.2) is 4.99 Å². The Hall–Kier alpha value is -1.39. The van der Waals surface area contributed by atoms with E-state index < -0.39 is 23.6 Å². The van der Waals surface area contributed by atoms with Crippen LogP contribution in [0.4, 0.5) is 0 Å². The van der Waals surface area contributed by atoms with Crippen molar-refractivity contribution in [3.8, 4) is 0 Å². The van der Waals surface area contributed by atoms with Crippen molar-refractivity contribution in [1.82, 2.24) is 0 Å². The third kappa shape index (κ3) is 3.32. The standard InChI is InChI=1S/C11H17NO4/c1-10(2,3)12-6-7-8(13)15-11(4,5)16-9(7)14/h6-7H,1-5H3. The first-order valence-electron chi connectivity index (χ1n) is 5.12. The summed E-state index contributed by atoms with van der Waals surface area (Å²) in [5.74, 6) is -3.46. The van der Waals surface area contributed by atoms with E-state index >= 15 is 0 Å². The second-order valence-electron chi connectivity index (χ2n) is 5.17. The molecule has 0 amide bonds. The van der Waals surface area contributed by atoms with E-state index in [4.69, 9.17) is 9.47 Å². The molecule has 0 bridgehead atoms. The van der Waals surface area contributed by atoms with Crippen LogP contribution in [0, 0.1) is 5.92 Å². The van der Waals surface area contributed by atoms with Gasteiger partial charge in [-0.3, -0.25) is 14.6 Å². The number of rotatable bonds is 1. The number of ether oxygens (including phenoxy) is 2. The first kappa shape index (κ1) is 12.7. The minimum atomic E-state index is -1.18. The summed E-state index contributed by atoms with van der Waals surface area (Å²) < 4.78 is 9.90. The largest absolute Gasteiger partial charge is 0.422 e. The summed E-state index contributed by atoms with van der Waals surface area (Å²) in [6.07, 6.45) is 1.29. The molecule has 5 nitrogen and oxygen atoms in total. The maximum atomic E-state index is 11.5. The van der Waals surface area contributed by atoms with Crippen LogP contribution < -0.4 is 0 Å².